The zero-order valence-corrected chi connectivity index (χ0v) is 17.4. The SMILES string of the molecule is O=C(OC1CC23CCCC(C1OC(=O)c1ccccc1)C2C(=O)CC3)c1ccccc1. The van der Waals surface area contributed by atoms with Crippen LogP contribution in [0, 0.1) is 17.3 Å². The molecule has 2 aromatic carbocycles. The summed E-state index contributed by atoms with van der Waals surface area (Å²) in [7, 11) is 0. The molecule has 5 unspecified atom stereocenters. The normalized spacial score (nSPS) is 31.5. The monoisotopic (exact) mass is 418 g/mol. The van der Waals surface area contributed by atoms with Crippen molar-refractivity contribution in [1.29, 1.82) is 0 Å². The molecular formula is C26H26O5. The Bertz CT molecular complexity index is 985. The fraction of sp³-hybridized carbons (Fsp3) is 0.423. The molecule has 5 nitrogen and oxygen atoms in total. The Morgan fingerprint density at radius 3 is 2.10 bits per heavy atom. The van der Waals surface area contributed by atoms with Crippen LogP contribution in [0.4, 0.5) is 0 Å². The summed E-state index contributed by atoms with van der Waals surface area (Å²) in [6.45, 7) is 0. The van der Waals surface area contributed by atoms with E-state index in [-0.39, 0.29) is 23.0 Å². The first-order chi connectivity index (χ1) is 15.1. The molecule has 0 saturated heterocycles. The number of esters is 2. The van der Waals surface area contributed by atoms with Crippen LogP contribution in [0.2, 0.25) is 0 Å². The highest BCUT2D eigenvalue weighted by Gasteiger charge is 2.62. The van der Waals surface area contributed by atoms with Crippen LogP contribution in [0.3, 0.4) is 0 Å². The van der Waals surface area contributed by atoms with Gasteiger partial charge in [0.25, 0.3) is 0 Å². The molecule has 5 rings (SSSR count). The minimum Gasteiger partial charge on any atom is -0.455 e. The average Bonchev–Trinajstić information content (AvgIpc) is 3.15. The molecule has 0 aromatic heterocycles. The number of hydrogen-bond acceptors (Lipinski definition) is 5. The van der Waals surface area contributed by atoms with E-state index in [2.05, 4.69) is 0 Å². The molecule has 0 amide bonds. The number of benzene rings is 2. The Labute approximate surface area is 181 Å². The minimum absolute atomic E-state index is 0.0958. The second-order valence-corrected chi connectivity index (χ2v) is 9.11. The molecule has 3 saturated carbocycles. The highest BCUT2D eigenvalue weighted by atomic mass is 16.6. The van der Waals surface area contributed by atoms with Gasteiger partial charge in [0.1, 0.15) is 18.0 Å². The van der Waals surface area contributed by atoms with Gasteiger partial charge in [0.2, 0.25) is 0 Å². The van der Waals surface area contributed by atoms with Gasteiger partial charge in [-0.15, -0.1) is 0 Å². The molecule has 3 aliphatic rings. The Kier molecular flexibility index (Phi) is 5.12. The van der Waals surface area contributed by atoms with Gasteiger partial charge in [-0.3, -0.25) is 4.79 Å². The predicted molar refractivity (Wildman–Crippen MR) is 113 cm³/mol. The molecule has 3 aliphatic carbocycles. The van der Waals surface area contributed by atoms with Crippen LogP contribution >= 0.6 is 0 Å². The quantitative estimate of drug-likeness (QED) is 0.679. The Morgan fingerprint density at radius 1 is 0.839 bits per heavy atom. The summed E-state index contributed by atoms with van der Waals surface area (Å²) in [5.41, 5.74) is 0.807. The summed E-state index contributed by atoms with van der Waals surface area (Å²) >= 11 is 0. The third-order valence-electron chi connectivity index (χ3n) is 7.43. The van der Waals surface area contributed by atoms with Crippen LogP contribution in [0.25, 0.3) is 0 Å². The molecule has 0 radical (unpaired) electrons. The predicted octanol–water partition coefficient (Wildman–Crippen LogP) is 4.61. The minimum atomic E-state index is -0.610. The Balaban J connectivity index is 1.45. The molecule has 5 atom stereocenters. The van der Waals surface area contributed by atoms with Gasteiger partial charge in [-0.05, 0) is 55.4 Å². The number of Topliss-reactive ketones (excluding diaryl/α,β-unsaturated/α-hetero) is 1. The van der Waals surface area contributed by atoms with Crippen molar-refractivity contribution in [2.24, 2.45) is 17.3 Å². The van der Waals surface area contributed by atoms with Crippen molar-refractivity contribution in [2.45, 2.75) is 50.7 Å². The summed E-state index contributed by atoms with van der Waals surface area (Å²) in [5, 5.41) is 0. The molecule has 0 N–H and O–H groups in total. The number of ketones is 1. The van der Waals surface area contributed by atoms with Crippen molar-refractivity contribution in [2.75, 3.05) is 0 Å². The number of rotatable bonds is 4. The topological polar surface area (TPSA) is 69.7 Å². The van der Waals surface area contributed by atoms with Gasteiger partial charge in [0.05, 0.1) is 11.1 Å². The summed E-state index contributed by atoms with van der Waals surface area (Å²) in [4.78, 5) is 38.6. The second-order valence-electron chi connectivity index (χ2n) is 9.11. The van der Waals surface area contributed by atoms with E-state index in [0.29, 0.717) is 24.0 Å². The maximum absolute atomic E-state index is 12.9. The van der Waals surface area contributed by atoms with E-state index in [1.165, 1.54) is 0 Å². The van der Waals surface area contributed by atoms with Crippen LogP contribution < -0.4 is 0 Å². The van der Waals surface area contributed by atoms with Crippen LogP contribution in [-0.2, 0) is 14.3 Å². The molecule has 2 aromatic rings. The highest BCUT2D eigenvalue weighted by Crippen LogP contribution is 2.60. The smallest absolute Gasteiger partial charge is 0.338 e. The second kappa shape index (κ2) is 7.95. The molecule has 2 bridgehead atoms. The summed E-state index contributed by atoms with van der Waals surface area (Å²) < 4.78 is 12.0. The van der Waals surface area contributed by atoms with Crippen molar-refractivity contribution in [3.05, 3.63) is 71.8 Å². The molecule has 5 heteroatoms. The number of ether oxygens (including phenoxy) is 2. The van der Waals surface area contributed by atoms with E-state index in [9.17, 15) is 14.4 Å². The summed E-state index contributed by atoms with van der Waals surface area (Å²) in [5.74, 6) is -0.767. The zero-order valence-electron chi connectivity index (χ0n) is 17.4. The average molecular weight is 418 g/mol. The Hall–Kier alpha value is -2.95. The molecule has 0 heterocycles. The zero-order chi connectivity index (χ0) is 21.4. The lowest BCUT2D eigenvalue weighted by Gasteiger charge is -2.53. The maximum Gasteiger partial charge on any atom is 0.338 e. The van der Waals surface area contributed by atoms with Crippen LogP contribution in [0.1, 0.15) is 59.2 Å². The van der Waals surface area contributed by atoms with Gasteiger partial charge < -0.3 is 9.47 Å². The standard InChI is InChI=1S/C26H26O5/c27-20-13-15-26-14-7-12-19(22(20)26)23(31-25(29)18-10-5-2-6-11-18)21(16-26)30-24(28)17-8-3-1-4-9-17/h1-6,8-11,19,21-23H,7,12-16H2. The van der Waals surface area contributed by atoms with E-state index in [1.807, 2.05) is 12.1 Å². The summed E-state index contributed by atoms with van der Waals surface area (Å²) in [6.07, 6.45) is 3.61. The molecule has 3 fully saturated rings. The van der Waals surface area contributed by atoms with Crippen LogP contribution in [0.15, 0.2) is 60.7 Å². The molecule has 31 heavy (non-hydrogen) atoms. The first kappa shape index (κ1) is 20.0. The van der Waals surface area contributed by atoms with Gasteiger partial charge in [-0.2, -0.15) is 0 Å². The van der Waals surface area contributed by atoms with Crippen molar-refractivity contribution in [3.8, 4) is 0 Å². The van der Waals surface area contributed by atoms with Crippen molar-refractivity contribution >= 4 is 17.7 Å². The third-order valence-corrected chi connectivity index (χ3v) is 7.43. The van der Waals surface area contributed by atoms with Gasteiger partial charge >= 0.3 is 11.9 Å². The van der Waals surface area contributed by atoms with Crippen molar-refractivity contribution in [3.63, 3.8) is 0 Å². The molecule has 0 spiro atoms. The first-order valence-corrected chi connectivity index (χ1v) is 11.1. The third kappa shape index (κ3) is 3.56. The van der Waals surface area contributed by atoms with E-state index in [1.54, 1.807) is 48.5 Å². The number of carbonyl (C=O) groups excluding carboxylic acids is 3. The molecule has 160 valence electrons. The van der Waals surface area contributed by atoms with Gasteiger partial charge in [0, 0.05) is 18.3 Å². The highest BCUT2D eigenvalue weighted by molar-refractivity contribution is 5.91. The van der Waals surface area contributed by atoms with Crippen molar-refractivity contribution in [1.82, 2.24) is 0 Å². The van der Waals surface area contributed by atoms with E-state index >= 15 is 0 Å². The number of carbonyl (C=O) groups is 3. The largest absolute Gasteiger partial charge is 0.455 e. The lowest BCUT2D eigenvalue weighted by molar-refractivity contribution is -0.156. The number of hydrogen-bond donors (Lipinski definition) is 0. The van der Waals surface area contributed by atoms with Gasteiger partial charge in [-0.1, -0.05) is 42.8 Å². The maximum atomic E-state index is 12.9. The van der Waals surface area contributed by atoms with Crippen LogP contribution in [-0.4, -0.2) is 29.9 Å². The van der Waals surface area contributed by atoms with E-state index < -0.39 is 24.1 Å². The summed E-state index contributed by atoms with van der Waals surface area (Å²) in [6, 6.07) is 17.7. The van der Waals surface area contributed by atoms with E-state index in [0.717, 1.165) is 25.7 Å². The molecular weight excluding hydrogens is 392 g/mol. The lowest BCUT2D eigenvalue weighted by Crippen LogP contribution is -2.56. The van der Waals surface area contributed by atoms with Crippen LogP contribution in [0.5, 0.6) is 0 Å². The van der Waals surface area contributed by atoms with E-state index in [4.69, 9.17) is 9.47 Å². The first-order valence-electron chi connectivity index (χ1n) is 11.1. The molecule has 0 aliphatic heterocycles. The lowest BCUT2D eigenvalue weighted by atomic mass is 9.55. The Morgan fingerprint density at radius 2 is 1.45 bits per heavy atom. The van der Waals surface area contributed by atoms with Gasteiger partial charge in [0.15, 0.2) is 0 Å². The van der Waals surface area contributed by atoms with Gasteiger partial charge in [-0.25, -0.2) is 9.59 Å². The van der Waals surface area contributed by atoms with Crippen molar-refractivity contribution < 1.29 is 23.9 Å². The fourth-order valence-corrected chi connectivity index (χ4v) is 6.15. The fourth-order valence-electron chi connectivity index (χ4n) is 6.15.